The van der Waals surface area contributed by atoms with Gasteiger partial charge in [0.1, 0.15) is 5.75 Å². The maximum absolute atomic E-state index is 5.75. The third-order valence-corrected chi connectivity index (χ3v) is 3.86. The van der Waals surface area contributed by atoms with Crippen LogP contribution in [0.1, 0.15) is 5.56 Å². The van der Waals surface area contributed by atoms with Gasteiger partial charge in [0.25, 0.3) is 0 Å². The molecule has 1 aliphatic rings. The Bertz CT molecular complexity index is 311. The molecule has 1 heterocycles. The van der Waals surface area contributed by atoms with E-state index in [2.05, 4.69) is 35.0 Å². The Kier molecular flexibility index (Phi) is 3.32. The molecule has 0 bridgehead atoms. The summed E-state index contributed by atoms with van der Waals surface area (Å²) in [4.78, 5) is 0. The lowest BCUT2D eigenvalue weighted by atomic mass is 9.90. The van der Waals surface area contributed by atoms with Crippen LogP contribution in [0.3, 0.4) is 0 Å². The average molecular weight is 271 g/mol. The largest absolute Gasteiger partial charge is 0.493 e. The van der Waals surface area contributed by atoms with Crippen LogP contribution >= 0.6 is 15.9 Å². The predicted octanol–water partition coefficient (Wildman–Crippen LogP) is 2.79. The van der Waals surface area contributed by atoms with Crippen molar-refractivity contribution in [3.63, 3.8) is 0 Å². The fourth-order valence-electron chi connectivity index (χ4n) is 1.46. The quantitative estimate of drug-likeness (QED) is 0.784. The maximum Gasteiger partial charge on any atom is 0.119 e. The van der Waals surface area contributed by atoms with Crippen LogP contribution in [-0.2, 0) is 4.74 Å². The molecular weight excluding hydrogens is 256 g/mol. The van der Waals surface area contributed by atoms with Gasteiger partial charge in [-0.25, -0.2) is 0 Å². The molecule has 1 aromatic carbocycles. The van der Waals surface area contributed by atoms with Gasteiger partial charge < -0.3 is 9.47 Å². The molecule has 0 aromatic heterocycles. The number of aryl methyl sites for hydroxylation is 1. The number of hydrogen-bond acceptors (Lipinski definition) is 2. The predicted molar refractivity (Wildman–Crippen MR) is 63.7 cm³/mol. The molecule has 0 spiro atoms. The molecule has 0 atom stereocenters. The number of alkyl halides is 1. The highest BCUT2D eigenvalue weighted by Crippen LogP contribution is 2.30. The molecule has 0 unspecified atom stereocenters. The molecule has 82 valence electrons. The lowest BCUT2D eigenvalue weighted by Gasteiger charge is -2.39. The van der Waals surface area contributed by atoms with Crippen molar-refractivity contribution in [2.45, 2.75) is 6.92 Å². The molecule has 1 saturated heterocycles. The standard InChI is InChI=1S/C12H15BrO2/c1-10-2-4-11(5-3-10)15-9-12(6-13)7-14-8-12/h2-5H,6-9H2,1H3. The number of rotatable bonds is 4. The second-order valence-corrected chi connectivity index (χ2v) is 4.79. The number of hydrogen-bond donors (Lipinski definition) is 0. The summed E-state index contributed by atoms with van der Waals surface area (Å²) in [5.74, 6) is 0.938. The van der Waals surface area contributed by atoms with Crippen molar-refractivity contribution < 1.29 is 9.47 Å². The van der Waals surface area contributed by atoms with Crippen LogP contribution in [0.2, 0.25) is 0 Å². The van der Waals surface area contributed by atoms with E-state index in [0.717, 1.165) is 30.9 Å². The molecule has 2 rings (SSSR count). The molecule has 1 aliphatic heterocycles. The van der Waals surface area contributed by atoms with E-state index in [1.54, 1.807) is 0 Å². The third kappa shape index (κ3) is 2.52. The molecule has 0 saturated carbocycles. The van der Waals surface area contributed by atoms with Gasteiger partial charge in [-0.3, -0.25) is 0 Å². The first-order valence-electron chi connectivity index (χ1n) is 5.07. The molecule has 0 radical (unpaired) electrons. The molecule has 1 fully saturated rings. The van der Waals surface area contributed by atoms with E-state index >= 15 is 0 Å². The minimum atomic E-state index is 0.185. The normalized spacial score (nSPS) is 18.3. The van der Waals surface area contributed by atoms with E-state index in [1.165, 1.54) is 5.56 Å². The van der Waals surface area contributed by atoms with Gasteiger partial charge >= 0.3 is 0 Å². The van der Waals surface area contributed by atoms with Gasteiger partial charge in [-0.1, -0.05) is 33.6 Å². The summed E-state index contributed by atoms with van der Waals surface area (Å²) in [6.07, 6.45) is 0. The number of benzene rings is 1. The minimum absolute atomic E-state index is 0.185. The fraction of sp³-hybridized carbons (Fsp3) is 0.500. The summed E-state index contributed by atoms with van der Waals surface area (Å²) in [7, 11) is 0. The average Bonchev–Trinajstić information content (AvgIpc) is 2.20. The van der Waals surface area contributed by atoms with Crippen molar-refractivity contribution in [2.24, 2.45) is 5.41 Å². The first-order valence-corrected chi connectivity index (χ1v) is 6.19. The summed E-state index contributed by atoms with van der Waals surface area (Å²) in [5, 5.41) is 0.936. The molecule has 1 aromatic rings. The highest BCUT2D eigenvalue weighted by Gasteiger charge is 2.38. The van der Waals surface area contributed by atoms with Crippen LogP contribution in [0.15, 0.2) is 24.3 Å². The summed E-state index contributed by atoms with van der Waals surface area (Å²) in [6, 6.07) is 8.15. The highest BCUT2D eigenvalue weighted by atomic mass is 79.9. The van der Waals surface area contributed by atoms with Crippen molar-refractivity contribution in [3.8, 4) is 5.75 Å². The van der Waals surface area contributed by atoms with E-state index in [9.17, 15) is 0 Å². The van der Waals surface area contributed by atoms with E-state index in [-0.39, 0.29) is 5.41 Å². The SMILES string of the molecule is Cc1ccc(OCC2(CBr)COC2)cc1. The smallest absolute Gasteiger partial charge is 0.119 e. The van der Waals surface area contributed by atoms with Crippen LogP contribution < -0.4 is 4.74 Å². The topological polar surface area (TPSA) is 18.5 Å². The first-order chi connectivity index (χ1) is 7.24. The zero-order valence-electron chi connectivity index (χ0n) is 8.83. The zero-order chi connectivity index (χ0) is 10.7. The highest BCUT2D eigenvalue weighted by molar-refractivity contribution is 9.09. The van der Waals surface area contributed by atoms with Crippen LogP contribution in [-0.4, -0.2) is 25.2 Å². The van der Waals surface area contributed by atoms with Gasteiger partial charge in [0.15, 0.2) is 0 Å². The Labute approximate surface area is 98.7 Å². The number of ether oxygens (including phenoxy) is 2. The second kappa shape index (κ2) is 4.54. The maximum atomic E-state index is 5.75. The van der Waals surface area contributed by atoms with Crippen LogP contribution in [0.25, 0.3) is 0 Å². The van der Waals surface area contributed by atoms with E-state index in [1.807, 2.05) is 12.1 Å². The third-order valence-electron chi connectivity index (χ3n) is 2.67. The summed E-state index contributed by atoms with van der Waals surface area (Å²) < 4.78 is 11.0. The minimum Gasteiger partial charge on any atom is -0.493 e. The van der Waals surface area contributed by atoms with E-state index in [4.69, 9.17) is 9.47 Å². The molecular formula is C12H15BrO2. The van der Waals surface area contributed by atoms with Gasteiger partial charge in [0, 0.05) is 5.33 Å². The number of halogens is 1. The molecule has 0 amide bonds. The van der Waals surface area contributed by atoms with E-state index < -0.39 is 0 Å². The van der Waals surface area contributed by atoms with Crippen LogP contribution in [0.4, 0.5) is 0 Å². The monoisotopic (exact) mass is 270 g/mol. The Balaban J connectivity index is 1.90. The second-order valence-electron chi connectivity index (χ2n) is 4.23. The van der Waals surface area contributed by atoms with Crippen molar-refractivity contribution in [2.75, 3.05) is 25.2 Å². The lowest BCUT2D eigenvalue weighted by molar-refractivity contribution is -0.116. The van der Waals surface area contributed by atoms with Gasteiger partial charge in [-0.05, 0) is 19.1 Å². The van der Waals surface area contributed by atoms with Crippen molar-refractivity contribution in [3.05, 3.63) is 29.8 Å². The molecule has 0 N–H and O–H groups in total. The van der Waals surface area contributed by atoms with E-state index in [0.29, 0.717) is 0 Å². The van der Waals surface area contributed by atoms with Gasteiger partial charge in [0.2, 0.25) is 0 Å². The first kappa shape index (κ1) is 11.0. The zero-order valence-corrected chi connectivity index (χ0v) is 10.4. The Morgan fingerprint density at radius 1 is 1.33 bits per heavy atom. The Morgan fingerprint density at radius 3 is 2.47 bits per heavy atom. The fourth-order valence-corrected chi connectivity index (χ4v) is 1.95. The Hall–Kier alpha value is -0.540. The lowest BCUT2D eigenvalue weighted by Crippen LogP contribution is -2.48. The Morgan fingerprint density at radius 2 is 2.00 bits per heavy atom. The van der Waals surface area contributed by atoms with Gasteiger partial charge in [-0.2, -0.15) is 0 Å². The molecule has 2 nitrogen and oxygen atoms in total. The molecule has 15 heavy (non-hydrogen) atoms. The van der Waals surface area contributed by atoms with Crippen LogP contribution in [0, 0.1) is 12.3 Å². The van der Waals surface area contributed by atoms with Gasteiger partial charge in [0.05, 0.1) is 25.2 Å². The molecule has 3 heteroatoms. The van der Waals surface area contributed by atoms with Crippen molar-refractivity contribution >= 4 is 15.9 Å². The van der Waals surface area contributed by atoms with Crippen LogP contribution in [0.5, 0.6) is 5.75 Å². The summed E-state index contributed by atoms with van der Waals surface area (Å²) in [6.45, 7) is 4.39. The molecule has 0 aliphatic carbocycles. The van der Waals surface area contributed by atoms with Crippen molar-refractivity contribution in [1.29, 1.82) is 0 Å². The summed E-state index contributed by atoms with van der Waals surface area (Å²) >= 11 is 3.51. The van der Waals surface area contributed by atoms with Gasteiger partial charge in [-0.15, -0.1) is 0 Å². The summed E-state index contributed by atoms with van der Waals surface area (Å²) in [5.41, 5.74) is 1.44. The van der Waals surface area contributed by atoms with Crippen molar-refractivity contribution in [1.82, 2.24) is 0 Å².